The highest BCUT2D eigenvalue weighted by Crippen LogP contribution is 2.07. The zero-order valence-electron chi connectivity index (χ0n) is 7.23. The minimum atomic E-state index is 0. The molecule has 0 saturated carbocycles. The number of tetrazole rings is 1. The molecule has 72 valence electrons. The van der Waals surface area contributed by atoms with Crippen molar-refractivity contribution < 1.29 is 11.0 Å². The van der Waals surface area contributed by atoms with Crippen LogP contribution in [-0.4, -0.2) is 39.4 Å². The molecule has 0 amide bonds. The predicted octanol–water partition coefficient (Wildman–Crippen LogP) is -1.99. The average Bonchev–Trinajstić information content (AvgIpc) is 2.57. The summed E-state index contributed by atoms with van der Waals surface area (Å²) in [5.74, 6) is 0.521. The molecule has 2 aromatic rings. The van der Waals surface area contributed by atoms with Gasteiger partial charge in [0.15, 0.2) is 0 Å². The van der Waals surface area contributed by atoms with Gasteiger partial charge in [0, 0.05) is 5.56 Å². The van der Waals surface area contributed by atoms with E-state index >= 15 is 0 Å². The van der Waals surface area contributed by atoms with E-state index in [1.54, 1.807) is 6.07 Å². The zero-order chi connectivity index (χ0) is 8.39. The summed E-state index contributed by atoms with van der Waals surface area (Å²) < 4.78 is 0. The van der Waals surface area contributed by atoms with Crippen LogP contribution in [0.1, 0.15) is 0 Å². The van der Waals surface area contributed by atoms with Gasteiger partial charge in [-0.3, -0.25) is 0 Å². The molecule has 2 radical (unpaired) electrons. The largest absolute Gasteiger partial charge is 0.412 e. The van der Waals surface area contributed by atoms with Gasteiger partial charge in [-0.1, -0.05) is 29.7 Å². The molecule has 0 aliphatic carbocycles. The van der Waals surface area contributed by atoms with E-state index in [9.17, 15) is 0 Å². The van der Waals surface area contributed by atoms with Crippen LogP contribution in [-0.2, 0) is 0 Å². The molecule has 2 rings (SSSR count). The fraction of sp³-hybridized carbons (Fsp3) is 0. The first kappa shape index (κ1) is 12.3. The van der Waals surface area contributed by atoms with Crippen molar-refractivity contribution >= 4 is 13.3 Å². The molecule has 0 atom stereocenters. The maximum Gasteiger partial charge on any atom is 0.204 e. The van der Waals surface area contributed by atoms with Gasteiger partial charge in [-0.15, -0.1) is 10.2 Å². The maximum absolute atomic E-state index is 5.69. The SMILES string of the molecule is O.O.[B]c1ccccc1-c1nn[nH]n1. The maximum atomic E-state index is 5.69. The number of benzene rings is 1. The van der Waals surface area contributed by atoms with Gasteiger partial charge in [0.05, 0.1) is 0 Å². The van der Waals surface area contributed by atoms with Gasteiger partial charge in [0.2, 0.25) is 5.82 Å². The van der Waals surface area contributed by atoms with Crippen LogP contribution in [0.15, 0.2) is 24.3 Å². The molecular formula is C7H9BN4O2. The number of hydrogen-bond acceptors (Lipinski definition) is 3. The highest BCUT2D eigenvalue weighted by atomic mass is 16.0. The highest BCUT2D eigenvalue weighted by molar-refractivity contribution is 6.35. The van der Waals surface area contributed by atoms with Crippen molar-refractivity contribution in [2.75, 3.05) is 0 Å². The predicted molar refractivity (Wildman–Crippen MR) is 52.2 cm³/mol. The van der Waals surface area contributed by atoms with Crippen LogP contribution in [0.2, 0.25) is 0 Å². The van der Waals surface area contributed by atoms with Crippen molar-refractivity contribution in [1.29, 1.82) is 0 Å². The van der Waals surface area contributed by atoms with E-state index in [1.807, 2.05) is 18.2 Å². The van der Waals surface area contributed by atoms with E-state index in [1.165, 1.54) is 0 Å². The summed E-state index contributed by atoms with van der Waals surface area (Å²) in [5, 5.41) is 13.5. The number of nitrogens with one attached hydrogen (secondary N) is 1. The van der Waals surface area contributed by atoms with Crippen molar-refractivity contribution in [3.8, 4) is 11.4 Å². The summed E-state index contributed by atoms with van der Waals surface area (Å²) >= 11 is 0. The molecule has 0 unspecified atom stereocenters. The van der Waals surface area contributed by atoms with Gasteiger partial charge in [-0.2, -0.15) is 5.21 Å². The Hall–Kier alpha value is -1.73. The van der Waals surface area contributed by atoms with Crippen LogP contribution >= 0.6 is 0 Å². The van der Waals surface area contributed by atoms with Gasteiger partial charge in [0.25, 0.3) is 0 Å². The first-order valence-electron chi connectivity index (χ1n) is 3.46. The van der Waals surface area contributed by atoms with Crippen LogP contribution in [0.25, 0.3) is 11.4 Å². The van der Waals surface area contributed by atoms with E-state index in [0.717, 1.165) is 5.56 Å². The number of rotatable bonds is 1. The number of H-pyrrole nitrogens is 1. The molecule has 0 saturated heterocycles. The fourth-order valence-corrected chi connectivity index (χ4v) is 0.977. The second-order valence-electron chi connectivity index (χ2n) is 2.32. The molecular weight excluding hydrogens is 183 g/mol. The number of aromatic nitrogens is 4. The molecule has 14 heavy (non-hydrogen) atoms. The second kappa shape index (κ2) is 5.10. The molecule has 7 heteroatoms. The average molecular weight is 192 g/mol. The van der Waals surface area contributed by atoms with Crippen LogP contribution in [0, 0.1) is 0 Å². The zero-order valence-corrected chi connectivity index (χ0v) is 7.23. The lowest BCUT2D eigenvalue weighted by Gasteiger charge is -1.97. The number of aromatic amines is 1. The van der Waals surface area contributed by atoms with Gasteiger partial charge in [-0.05, 0) is 5.21 Å². The van der Waals surface area contributed by atoms with Gasteiger partial charge >= 0.3 is 0 Å². The summed E-state index contributed by atoms with van der Waals surface area (Å²) in [6.45, 7) is 0. The van der Waals surface area contributed by atoms with Crippen LogP contribution in [0.5, 0.6) is 0 Å². The first-order chi connectivity index (χ1) is 5.88. The van der Waals surface area contributed by atoms with Gasteiger partial charge in [0.1, 0.15) is 7.85 Å². The smallest absolute Gasteiger partial charge is 0.204 e. The topological polar surface area (TPSA) is 117 Å². The minimum Gasteiger partial charge on any atom is -0.412 e. The Kier molecular flexibility index (Phi) is 4.47. The van der Waals surface area contributed by atoms with E-state index < -0.39 is 0 Å². The Morgan fingerprint density at radius 3 is 2.43 bits per heavy atom. The normalized spacial score (nSPS) is 8.57. The highest BCUT2D eigenvalue weighted by Gasteiger charge is 2.03. The Morgan fingerprint density at radius 1 is 1.14 bits per heavy atom. The third-order valence-electron chi connectivity index (χ3n) is 1.55. The standard InChI is InChI=1S/C7H5BN4.2H2O/c8-6-4-2-1-3-5(6)7-9-11-12-10-7;;/h1-4H,(H,9,10,11,12);2*1H2. The lowest BCUT2D eigenvalue weighted by molar-refractivity contribution is 0.823. The van der Waals surface area contributed by atoms with Crippen LogP contribution < -0.4 is 5.46 Å². The molecule has 0 bridgehead atoms. The van der Waals surface area contributed by atoms with E-state index in [0.29, 0.717) is 11.3 Å². The lowest BCUT2D eigenvalue weighted by Crippen LogP contribution is -2.06. The van der Waals surface area contributed by atoms with Crippen LogP contribution in [0.3, 0.4) is 0 Å². The third-order valence-corrected chi connectivity index (χ3v) is 1.55. The molecule has 0 fully saturated rings. The summed E-state index contributed by atoms with van der Waals surface area (Å²) in [6, 6.07) is 7.38. The minimum absolute atomic E-state index is 0. The molecule has 6 nitrogen and oxygen atoms in total. The quantitative estimate of drug-likeness (QED) is 0.526. The third kappa shape index (κ3) is 2.15. The lowest BCUT2D eigenvalue weighted by atomic mass is 9.90. The molecule has 1 heterocycles. The Morgan fingerprint density at radius 2 is 1.86 bits per heavy atom. The first-order valence-corrected chi connectivity index (χ1v) is 3.46. The van der Waals surface area contributed by atoms with Crippen molar-refractivity contribution in [3.63, 3.8) is 0 Å². The summed E-state index contributed by atoms with van der Waals surface area (Å²) in [5.41, 5.74) is 1.45. The van der Waals surface area contributed by atoms with Crippen molar-refractivity contribution in [3.05, 3.63) is 24.3 Å². The Labute approximate surface area is 81.4 Å². The van der Waals surface area contributed by atoms with E-state index in [-0.39, 0.29) is 11.0 Å². The van der Waals surface area contributed by atoms with Gasteiger partial charge < -0.3 is 11.0 Å². The Balaban J connectivity index is 0.000000845. The van der Waals surface area contributed by atoms with Crippen LogP contribution in [0.4, 0.5) is 0 Å². The van der Waals surface area contributed by atoms with E-state index in [4.69, 9.17) is 7.85 Å². The molecule has 5 N–H and O–H groups in total. The van der Waals surface area contributed by atoms with Gasteiger partial charge in [-0.25, -0.2) is 0 Å². The number of nitrogens with zero attached hydrogens (tertiary/aromatic N) is 3. The van der Waals surface area contributed by atoms with Crippen molar-refractivity contribution in [2.24, 2.45) is 0 Å². The number of hydrogen-bond donors (Lipinski definition) is 1. The molecule has 1 aromatic heterocycles. The summed E-state index contributed by atoms with van der Waals surface area (Å²) in [6.07, 6.45) is 0. The monoisotopic (exact) mass is 192 g/mol. The molecule has 0 aliphatic rings. The molecule has 0 spiro atoms. The van der Waals surface area contributed by atoms with Crippen molar-refractivity contribution in [2.45, 2.75) is 0 Å². The fourth-order valence-electron chi connectivity index (χ4n) is 0.977. The van der Waals surface area contributed by atoms with Crippen molar-refractivity contribution in [1.82, 2.24) is 20.6 Å². The molecule has 0 aliphatic heterocycles. The second-order valence-corrected chi connectivity index (χ2v) is 2.32. The summed E-state index contributed by atoms with van der Waals surface area (Å²) in [4.78, 5) is 0. The molecule has 1 aromatic carbocycles. The Bertz CT molecular complexity index is 379. The van der Waals surface area contributed by atoms with E-state index in [2.05, 4.69) is 20.6 Å². The summed E-state index contributed by atoms with van der Waals surface area (Å²) in [7, 11) is 5.69.